The molecule has 0 fully saturated rings. The van der Waals surface area contributed by atoms with E-state index in [2.05, 4.69) is 0 Å². The first-order valence-corrected chi connectivity index (χ1v) is 13.1. The van der Waals surface area contributed by atoms with E-state index in [1.54, 1.807) is 6.08 Å². The molecule has 0 saturated carbocycles. The molecular weight excluding hydrogens is 547 g/mol. The molecule has 3 rings (SSSR count). The number of hydrogen-bond acceptors (Lipinski definition) is 0. The summed E-state index contributed by atoms with van der Waals surface area (Å²) in [6, 6.07) is 1.32. The van der Waals surface area contributed by atoms with E-state index in [1.165, 1.54) is 19.7 Å². The van der Waals surface area contributed by atoms with Crippen LogP contribution in [0.25, 0.3) is 0 Å². The quantitative estimate of drug-likeness (QED) is 0.258. The van der Waals surface area contributed by atoms with Crippen LogP contribution in [0.15, 0.2) is 59.4 Å². The van der Waals surface area contributed by atoms with Gasteiger partial charge in [0.2, 0.25) is 0 Å². The zero-order valence-corrected chi connectivity index (χ0v) is 20.1. The summed E-state index contributed by atoms with van der Waals surface area (Å²) in [5, 5.41) is -0.978. The molecule has 13 heteroatoms. The van der Waals surface area contributed by atoms with Gasteiger partial charge in [-0.3, -0.25) is 0 Å². The van der Waals surface area contributed by atoms with Crippen LogP contribution < -0.4 is 10.6 Å². The Morgan fingerprint density at radius 1 is 0.568 bits per heavy atom. The summed E-state index contributed by atoms with van der Waals surface area (Å²) in [6.07, 6.45) is -17.6. The average molecular weight is 566 g/mol. The SMILES string of the molecule is CC1=C([PH](C)(c2cc(C(F)(F)F)cc(C(F)(F)F)c2)c2cc(C(F)(F)F)cc(C(F)(F)F)c2)CCC=C1. The van der Waals surface area contributed by atoms with Gasteiger partial charge in [-0.2, -0.15) is 0 Å². The van der Waals surface area contributed by atoms with E-state index in [0.717, 1.165) is 0 Å². The Bertz CT molecular complexity index is 1100. The summed E-state index contributed by atoms with van der Waals surface area (Å²) in [7, 11) is -4.28. The molecule has 0 spiro atoms. The molecule has 0 bridgehead atoms. The molecule has 0 saturated heterocycles. The molecule has 0 unspecified atom stereocenters. The van der Waals surface area contributed by atoms with E-state index in [9.17, 15) is 52.7 Å². The van der Waals surface area contributed by atoms with Gasteiger partial charge in [0.15, 0.2) is 0 Å². The van der Waals surface area contributed by atoms with Crippen LogP contribution in [-0.2, 0) is 24.7 Å². The van der Waals surface area contributed by atoms with Crippen LogP contribution in [0.2, 0.25) is 0 Å². The molecule has 1 aliphatic rings. The molecule has 204 valence electrons. The topological polar surface area (TPSA) is 0 Å². The molecule has 0 N–H and O–H groups in total. The zero-order valence-electron chi connectivity index (χ0n) is 19.1. The number of alkyl halides is 12. The fraction of sp³-hybridized carbons (Fsp3) is 0.333. The summed E-state index contributed by atoms with van der Waals surface area (Å²) in [4.78, 5) is 0. The molecule has 37 heavy (non-hydrogen) atoms. The maximum absolute atomic E-state index is 13.6. The molecule has 0 radical (unpaired) electrons. The van der Waals surface area contributed by atoms with Crippen molar-refractivity contribution in [2.24, 2.45) is 0 Å². The first kappa shape index (κ1) is 29.1. The van der Waals surface area contributed by atoms with Crippen LogP contribution in [0.1, 0.15) is 42.0 Å². The predicted molar refractivity (Wildman–Crippen MR) is 117 cm³/mol. The Morgan fingerprint density at radius 2 is 0.892 bits per heavy atom. The summed E-state index contributed by atoms with van der Waals surface area (Å²) in [5.41, 5.74) is -6.46. The van der Waals surface area contributed by atoms with E-state index >= 15 is 0 Å². The first-order valence-electron chi connectivity index (χ1n) is 10.6. The minimum atomic E-state index is -5.26. The molecule has 0 atom stereocenters. The molecular formula is C24H19F12P. The number of hydrogen-bond donors (Lipinski definition) is 0. The Hall–Kier alpha value is -2.49. The molecule has 2 aromatic rings. The first-order chi connectivity index (χ1) is 16.6. The van der Waals surface area contributed by atoms with Gasteiger partial charge >= 0.3 is 203 Å². The van der Waals surface area contributed by atoms with Crippen LogP contribution in [-0.4, -0.2) is 6.66 Å². The predicted octanol–water partition coefficient (Wildman–Crippen LogP) is 8.72. The molecule has 0 amide bonds. The second-order valence-electron chi connectivity index (χ2n) is 8.82. The van der Waals surface area contributed by atoms with E-state index in [4.69, 9.17) is 0 Å². The third-order valence-electron chi connectivity index (χ3n) is 6.34. The van der Waals surface area contributed by atoms with Crippen molar-refractivity contribution in [3.63, 3.8) is 0 Å². The van der Waals surface area contributed by atoms with Gasteiger partial charge in [0.25, 0.3) is 0 Å². The molecule has 1 aliphatic carbocycles. The number of benzene rings is 2. The fourth-order valence-corrected chi connectivity index (χ4v) is 8.76. The van der Waals surface area contributed by atoms with Crippen LogP contribution in [0.5, 0.6) is 0 Å². The van der Waals surface area contributed by atoms with E-state index in [0.29, 0.717) is 29.8 Å². The Balaban J connectivity index is 2.52. The van der Waals surface area contributed by atoms with Gasteiger partial charge in [-0.15, -0.1) is 0 Å². The summed E-state index contributed by atoms with van der Waals surface area (Å²) < 4.78 is 163. The van der Waals surface area contributed by atoms with E-state index < -0.39 is 64.8 Å². The van der Waals surface area contributed by atoms with Crippen LogP contribution >= 0.6 is 7.26 Å². The molecule has 2 aromatic carbocycles. The van der Waals surface area contributed by atoms with Gasteiger partial charge in [-0.25, -0.2) is 0 Å². The zero-order chi connectivity index (χ0) is 28.2. The van der Waals surface area contributed by atoms with Crippen molar-refractivity contribution in [1.29, 1.82) is 0 Å². The summed E-state index contributed by atoms with van der Waals surface area (Å²) in [6.45, 7) is 2.64. The standard InChI is InChI=1S/C24H19F12P/c1-13-5-3-4-6-20(13)37(2,18-9-14(21(25,26)27)7-15(10-18)22(28,29)30)19-11-16(23(31,32)33)8-17(12-19)24(34,35)36/h3,5,7-12,37H,4,6H2,1-2H3. The minimum absolute atomic E-state index is 0.0419. The molecule has 0 nitrogen and oxygen atoms in total. The summed E-state index contributed by atoms with van der Waals surface area (Å²) in [5.74, 6) is 0. The van der Waals surface area contributed by atoms with Crippen molar-refractivity contribution in [2.75, 3.05) is 6.66 Å². The Labute approximate surface area is 204 Å². The van der Waals surface area contributed by atoms with Crippen molar-refractivity contribution in [2.45, 2.75) is 44.5 Å². The average Bonchev–Trinajstić information content (AvgIpc) is 2.76. The van der Waals surface area contributed by atoms with Crippen molar-refractivity contribution in [1.82, 2.24) is 0 Å². The van der Waals surface area contributed by atoms with Crippen molar-refractivity contribution in [3.05, 3.63) is 81.7 Å². The van der Waals surface area contributed by atoms with Gasteiger partial charge in [-0.1, -0.05) is 0 Å². The normalized spacial score (nSPS) is 16.4. The van der Waals surface area contributed by atoms with E-state index in [-0.39, 0.29) is 30.3 Å². The van der Waals surface area contributed by atoms with Crippen LogP contribution in [0.4, 0.5) is 52.7 Å². The van der Waals surface area contributed by atoms with Gasteiger partial charge in [0, 0.05) is 0 Å². The third kappa shape index (κ3) is 5.99. The van der Waals surface area contributed by atoms with E-state index in [1.807, 2.05) is 0 Å². The molecule has 0 aromatic heterocycles. The van der Waals surface area contributed by atoms with Crippen molar-refractivity contribution < 1.29 is 52.7 Å². The van der Waals surface area contributed by atoms with Gasteiger partial charge in [-0.05, 0) is 0 Å². The van der Waals surface area contributed by atoms with Gasteiger partial charge in [0.05, 0.1) is 0 Å². The summed E-state index contributed by atoms with van der Waals surface area (Å²) >= 11 is 0. The Kier molecular flexibility index (Phi) is 7.36. The maximum atomic E-state index is 13.6. The van der Waals surface area contributed by atoms with Gasteiger partial charge < -0.3 is 0 Å². The third-order valence-corrected chi connectivity index (χ3v) is 11.1. The number of allylic oxidation sites excluding steroid dienone is 4. The second kappa shape index (κ2) is 9.36. The second-order valence-corrected chi connectivity index (χ2v) is 12.8. The molecule has 0 heterocycles. The van der Waals surface area contributed by atoms with Crippen molar-refractivity contribution >= 4 is 17.9 Å². The molecule has 0 aliphatic heterocycles. The Morgan fingerprint density at radius 3 is 1.16 bits per heavy atom. The number of rotatable bonds is 3. The van der Waals surface area contributed by atoms with Crippen LogP contribution in [0, 0.1) is 0 Å². The number of halogens is 12. The monoisotopic (exact) mass is 566 g/mol. The van der Waals surface area contributed by atoms with Gasteiger partial charge in [0.1, 0.15) is 0 Å². The fourth-order valence-electron chi connectivity index (χ4n) is 4.43. The van der Waals surface area contributed by atoms with Crippen molar-refractivity contribution in [3.8, 4) is 0 Å². The van der Waals surface area contributed by atoms with Crippen LogP contribution in [0.3, 0.4) is 0 Å².